The van der Waals surface area contributed by atoms with Gasteiger partial charge in [-0.15, -0.1) is 0 Å². The number of carbonyl (C=O) groups is 2. The molecule has 218 valence electrons. The van der Waals surface area contributed by atoms with E-state index in [1.54, 1.807) is 12.1 Å². The first-order valence-corrected chi connectivity index (χ1v) is 16.6. The van der Waals surface area contributed by atoms with E-state index in [-0.39, 0.29) is 34.9 Å². The lowest BCUT2D eigenvalue weighted by Crippen LogP contribution is -2.25. The number of nitrogens with zero attached hydrogens (tertiary/aromatic N) is 2. The lowest BCUT2D eigenvalue weighted by atomic mass is 9.85. The first kappa shape index (κ1) is 29.4. The number of hydrogen-bond donors (Lipinski definition) is 3. The SMILES string of the molecule is CCC1CCC(=O)CC(=O)C2=Cc3cc(OC)c(O)cc3C(CC2)c2cnc(N)c(c2)C(CN2C=CNC2)SSC1. The van der Waals surface area contributed by atoms with E-state index in [0.717, 1.165) is 54.1 Å². The van der Waals surface area contributed by atoms with Crippen LogP contribution in [-0.2, 0) is 9.59 Å². The Morgan fingerprint density at radius 1 is 1.20 bits per heavy atom. The molecule has 3 unspecified atom stereocenters. The number of aromatic nitrogens is 1. The van der Waals surface area contributed by atoms with E-state index < -0.39 is 0 Å². The van der Waals surface area contributed by atoms with Crippen LogP contribution >= 0.6 is 21.6 Å². The number of aromatic hydroxyl groups is 1. The maximum atomic E-state index is 13.4. The van der Waals surface area contributed by atoms with Crippen LogP contribution in [0.5, 0.6) is 11.5 Å². The summed E-state index contributed by atoms with van der Waals surface area (Å²) in [5, 5.41) is 14.0. The van der Waals surface area contributed by atoms with Gasteiger partial charge in [0.05, 0.1) is 25.4 Å². The Hall–Kier alpha value is -3.11. The number of phenolic OH excluding ortho intramolecular Hbond substituents is 1. The van der Waals surface area contributed by atoms with Crippen LogP contribution in [0, 0.1) is 5.92 Å². The zero-order chi connectivity index (χ0) is 28.9. The second-order valence-electron chi connectivity index (χ2n) is 10.9. The Morgan fingerprint density at radius 2 is 2.05 bits per heavy atom. The second kappa shape index (κ2) is 13.2. The van der Waals surface area contributed by atoms with Crippen LogP contribution in [0.2, 0.25) is 0 Å². The van der Waals surface area contributed by atoms with Crippen LogP contribution in [0.4, 0.5) is 5.82 Å². The predicted molar refractivity (Wildman–Crippen MR) is 167 cm³/mol. The van der Waals surface area contributed by atoms with Gasteiger partial charge in [0.15, 0.2) is 17.3 Å². The quantitative estimate of drug-likeness (QED) is 0.296. The summed E-state index contributed by atoms with van der Waals surface area (Å²) in [6, 6.07) is 5.67. The van der Waals surface area contributed by atoms with E-state index in [0.29, 0.717) is 42.3 Å². The van der Waals surface area contributed by atoms with Gasteiger partial charge in [0, 0.05) is 48.8 Å². The summed E-state index contributed by atoms with van der Waals surface area (Å²) in [6.07, 6.45) is 11.0. The molecule has 3 aliphatic rings. The Bertz CT molecular complexity index is 1360. The number of allylic oxidation sites excluding steroid dienone is 1. The lowest BCUT2D eigenvalue weighted by molar-refractivity contribution is -0.125. The Kier molecular flexibility index (Phi) is 9.49. The highest BCUT2D eigenvalue weighted by Crippen LogP contribution is 2.46. The fraction of sp³-hybridized carbons (Fsp3) is 0.452. The van der Waals surface area contributed by atoms with Crippen molar-refractivity contribution in [2.75, 3.05) is 31.8 Å². The average Bonchev–Trinajstić information content (AvgIpc) is 3.40. The smallest absolute Gasteiger partial charge is 0.166 e. The number of hydrogen-bond acceptors (Lipinski definition) is 10. The van der Waals surface area contributed by atoms with Gasteiger partial charge in [0.25, 0.3) is 0 Å². The number of ketones is 2. The molecule has 5 rings (SSSR count). The van der Waals surface area contributed by atoms with Crippen molar-refractivity contribution in [1.82, 2.24) is 15.2 Å². The van der Waals surface area contributed by atoms with Gasteiger partial charge < -0.3 is 25.8 Å². The molecule has 0 spiro atoms. The first-order chi connectivity index (χ1) is 19.9. The zero-order valence-electron chi connectivity index (χ0n) is 23.6. The molecule has 3 atom stereocenters. The summed E-state index contributed by atoms with van der Waals surface area (Å²) in [5.74, 6) is 1.95. The Labute approximate surface area is 249 Å². The number of ether oxygens (including phenoxy) is 1. The van der Waals surface area contributed by atoms with Crippen molar-refractivity contribution >= 4 is 45.0 Å². The molecule has 2 aromatic rings. The van der Waals surface area contributed by atoms with Crippen LogP contribution in [0.1, 0.15) is 78.9 Å². The molecule has 1 aromatic carbocycles. The second-order valence-corrected chi connectivity index (χ2v) is 13.5. The van der Waals surface area contributed by atoms with Crippen LogP contribution in [0.25, 0.3) is 6.08 Å². The number of pyridine rings is 1. The molecule has 1 aromatic heterocycles. The normalized spacial score (nSPS) is 23.4. The molecular formula is C31H38N4O4S2. The monoisotopic (exact) mass is 594 g/mol. The Balaban J connectivity index is 1.59. The fourth-order valence-electron chi connectivity index (χ4n) is 5.70. The van der Waals surface area contributed by atoms with Crippen molar-refractivity contribution in [2.24, 2.45) is 5.92 Å². The lowest BCUT2D eigenvalue weighted by Gasteiger charge is -2.26. The van der Waals surface area contributed by atoms with Gasteiger partial charge in [-0.3, -0.25) is 9.59 Å². The summed E-state index contributed by atoms with van der Waals surface area (Å²) < 4.78 is 5.40. The number of carbonyl (C=O) groups excluding carboxylic acids is 2. The third kappa shape index (κ3) is 6.86. The van der Waals surface area contributed by atoms with Gasteiger partial charge in [0.1, 0.15) is 11.6 Å². The Morgan fingerprint density at radius 3 is 2.80 bits per heavy atom. The highest BCUT2D eigenvalue weighted by Gasteiger charge is 2.29. The van der Waals surface area contributed by atoms with Crippen LogP contribution in [-0.4, -0.2) is 52.6 Å². The molecule has 41 heavy (non-hydrogen) atoms. The van der Waals surface area contributed by atoms with E-state index in [4.69, 9.17) is 10.5 Å². The predicted octanol–water partition coefficient (Wildman–Crippen LogP) is 5.79. The molecule has 4 bridgehead atoms. The van der Waals surface area contributed by atoms with Crippen LogP contribution < -0.4 is 15.8 Å². The number of Topliss-reactive ketones (excluding diaryl/α,β-unsaturated/α-hetero) is 2. The third-order valence-corrected chi connectivity index (χ3v) is 11.1. The summed E-state index contributed by atoms with van der Waals surface area (Å²) in [6.45, 7) is 3.67. The molecule has 0 radical (unpaired) electrons. The first-order valence-electron chi connectivity index (χ1n) is 14.2. The van der Waals surface area contributed by atoms with E-state index in [1.165, 1.54) is 7.11 Å². The van der Waals surface area contributed by atoms with Crippen LogP contribution in [0.15, 0.2) is 42.4 Å². The molecule has 3 heterocycles. The largest absolute Gasteiger partial charge is 0.504 e. The number of rotatable bonds is 4. The third-order valence-electron chi connectivity index (χ3n) is 8.22. The molecule has 2 aliphatic heterocycles. The molecule has 0 saturated heterocycles. The zero-order valence-corrected chi connectivity index (χ0v) is 25.2. The minimum absolute atomic E-state index is 0.00421. The van der Waals surface area contributed by atoms with Crippen molar-refractivity contribution in [1.29, 1.82) is 0 Å². The number of anilines is 1. The maximum Gasteiger partial charge on any atom is 0.166 e. The van der Waals surface area contributed by atoms with E-state index in [1.807, 2.05) is 40.1 Å². The van der Waals surface area contributed by atoms with Crippen molar-refractivity contribution in [3.63, 3.8) is 0 Å². The van der Waals surface area contributed by atoms with Gasteiger partial charge in [-0.1, -0.05) is 34.9 Å². The van der Waals surface area contributed by atoms with E-state index >= 15 is 0 Å². The van der Waals surface area contributed by atoms with Crippen molar-refractivity contribution in [3.05, 3.63) is 64.6 Å². The van der Waals surface area contributed by atoms with Gasteiger partial charge in [-0.25, -0.2) is 4.98 Å². The standard InChI is InChI=1S/C31H38N4O4S2/c1-3-19-4-6-23(36)13-27(37)20-5-7-24(25-14-28(38)29(39-2)12-21(25)10-20)22-11-26(31(32)34-15-22)30(41-40-17-19)16-35-9-8-33-18-35/h8-12,14-15,19,24,30,33,38H,3-7,13,16-18H2,1-2H3,(H2,32,34). The number of methoxy groups -OCH3 is 1. The number of fused-ring (bicyclic) bond motifs is 8. The molecule has 10 heteroatoms. The topological polar surface area (TPSA) is 118 Å². The highest BCUT2D eigenvalue weighted by atomic mass is 33.1. The van der Waals surface area contributed by atoms with E-state index in [9.17, 15) is 14.7 Å². The molecular weight excluding hydrogens is 556 g/mol. The van der Waals surface area contributed by atoms with Gasteiger partial charge >= 0.3 is 0 Å². The van der Waals surface area contributed by atoms with Crippen molar-refractivity contribution in [3.8, 4) is 11.5 Å². The summed E-state index contributed by atoms with van der Waals surface area (Å²) >= 11 is 0. The molecule has 8 nitrogen and oxygen atoms in total. The van der Waals surface area contributed by atoms with E-state index in [2.05, 4.69) is 34.4 Å². The van der Waals surface area contributed by atoms with Gasteiger partial charge in [-0.05, 0) is 71.7 Å². The van der Waals surface area contributed by atoms with Gasteiger partial charge in [-0.2, -0.15) is 0 Å². The van der Waals surface area contributed by atoms with Crippen molar-refractivity contribution < 1.29 is 19.4 Å². The summed E-state index contributed by atoms with van der Waals surface area (Å²) in [5.41, 5.74) is 10.8. The van der Waals surface area contributed by atoms with Gasteiger partial charge in [0.2, 0.25) is 0 Å². The molecule has 4 N–H and O–H groups in total. The molecule has 0 fully saturated rings. The maximum absolute atomic E-state index is 13.4. The molecule has 0 saturated carbocycles. The minimum atomic E-state index is -0.127. The average molecular weight is 595 g/mol. The number of nitrogen functional groups attached to an aromatic ring is 1. The summed E-state index contributed by atoms with van der Waals surface area (Å²) in [4.78, 5) is 33.2. The number of benzene rings is 1. The summed E-state index contributed by atoms with van der Waals surface area (Å²) in [7, 11) is 5.14. The number of nitrogens with two attached hydrogens (primary N) is 1. The number of phenols is 1. The number of nitrogens with one attached hydrogen (secondary N) is 1. The van der Waals surface area contributed by atoms with Crippen LogP contribution in [0.3, 0.4) is 0 Å². The fourth-order valence-corrected chi connectivity index (χ4v) is 8.88. The molecule has 1 aliphatic carbocycles. The highest BCUT2D eigenvalue weighted by molar-refractivity contribution is 8.76. The molecule has 0 amide bonds. The minimum Gasteiger partial charge on any atom is -0.504 e. The van der Waals surface area contributed by atoms with Crippen molar-refractivity contribution in [2.45, 2.75) is 56.6 Å².